The third-order valence-electron chi connectivity index (χ3n) is 4.58. The van der Waals surface area contributed by atoms with E-state index in [0.29, 0.717) is 35.5 Å². The lowest BCUT2D eigenvalue weighted by molar-refractivity contribution is -0.137. The summed E-state index contributed by atoms with van der Waals surface area (Å²) in [5.74, 6) is -0.335. The number of anilines is 2. The van der Waals surface area contributed by atoms with E-state index < -0.39 is 11.7 Å². The second kappa shape index (κ2) is 6.99. The van der Waals surface area contributed by atoms with Gasteiger partial charge >= 0.3 is 6.18 Å². The molecule has 0 bridgehead atoms. The Hall–Kier alpha value is -3.35. The number of rotatable bonds is 2. The molecule has 0 aliphatic carbocycles. The van der Waals surface area contributed by atoms with Gasteiger partial charge in [-0.25, -0.2) is 0 Å². The predicted octanol–water partition coefficient (Wildman–Crippen LogP) is 5.09. The molecule has 2 heterocycles. The molecule has 0 atom stereocenters. The van der Waals surface area contributed by atoms with E-state index in [1.807, 2.05) is 18.2 Å². The third-order valence-corrected chi connectivity index (χ3v) is 4.58. The first kappa shape index (κ1) is 18.0. The highest BCUT2D eigenvalue weighted by atomic mass is 19.4. The molecule has 3 aromatic rings. The fraction of sp³-hybridized carbons (Fsp3) is 0.143. The number of pyridine rings is 1. The molecule has 1 amide bonds. The van der Waals surface area contributed by atoms with E-state index >= 15 is 0 Å². The van der Waals surface area contributed by atoms with E-state index in [2.05, 4.69) is 15.6 Å². The summed E-state index contributed by atoms with van der Waals surface area (Å²) < 4.78 is 38.7. The molecule has 0 fully saturated rings. The summed E-state index contributed by atoms with van der Waals surface area (Å²) in [5, 5.41) is 6.72. The van der Waals surface area contributed by atoms with Crippen molar-refractivity contribution in [2.24, 2.45) is 0 Å². The summed E-state index contributed by atoms with van der Waals surface area (Å²) in [5.41, 5.74) is 2.34. The van der Waals surface area contributed by atoms with Gasteiger partial charge in [-0.2, -0.15) is 13.2 Å². The van der Waals surface area contributed by atoms with E-state index in [4.69, 9.17) is 0 Å². The van der Waals surface area contributed by atoms with Crippen molar-refractivity contribution >= 4 is 33.8 Å². The molecule has 1 aromatic heterocycles. The van der Waals surface area contributed by atoms with Crippen LogP contribution in [0.5, 0.6) is 0 Å². The van der Waals surface area contributed by atoms with Crippen LogP contribution in [0.4, 0.5) is 24.5 Å². The number of amides is 1. The zero-order chi connectivity index (χ0) is 19.7. The molecular weight excluding hydrogens is 367 g/mol. The Bertz CT molecular complexity index is 1090. The Morgan fingerprint density at radius 1 is 1.14 bits per heavy atom. The number of aromatic nitrogens is 1. The summed E-state index contributed by atoms with van der Waals surface area (Å²) in [4.78, 5) is 16.7. The highest BCUT2D eigenvalue weighted by Crippen LogP contribution is 2.37. The number of carbonyl (C=O) groups is 1. The van der Waals surface area contributed by atoms with E-state index in [1.165, 1.54) is 12.1 Å². The second-order valence-corrected chi connectivity index (χ2v) is 6.50. The van der Waals surface area contributed by atoms with Gasteiger partial charge in [-0.1, -0.05) is 18.2 Å². The van der Waals surface area contributed by atoms with Gasteiger partial charge < -0.3 is 10.6 Å². The SMILES string of the molecule is O=C(/C=C1\CCNc2cc(C(F)(F)F)ccc21)Nc1ccc2cccnc2c1. The van der Waals surface area contributed by atoms with Crippen molar-refractivity contribution in [2.75, 3.05) is 17.2 Å². The van der Waals surface area contributed by atoms with Gasteiger partial charge in [-0.05, 0) is 42.3 Å². The predicted molar refractivity (Wildman–Crippen MR) is 103 cm³/mol. The molecule has 0 radical (unpaired) electrons. The number of nitrogens with one attached hydrogen (secondary N) is 2. The number of halogens is 3. The molecule has 2 aromatic carbocycles. The molecule has 0 saturated heterocycles. The Balaban J connectivity index is 1.58. The first-order valence-corrected chi connectivity index (χ1v) is 8.72. The summed E-state index contributed by atoms with van der Waals surface area (Å²) >= 11 is 0. The molecule has 4 nitrogen and oxygen atoms in total. The van der Waals surface area contributed by atoms with Crippen molar-refractivity contribution in [3.8, 4) is 0 Å². The highest BCUT2D eigenvalue weighted by Gasteiger charge is 2.31. The second-order valence-electron chi connectivity index (χ2n) is 6.50. The molecule has 4 rings (SSSR count). The average Bonchev–Trinajstić information content (AvgIpc) is 2.67. The number of benzene rings is 2. The van der Waals surface area contributed by atoms with Gasteiger partial charge in [0.2, 0.25) is 5.91 Å². The van der Waals surface area contributed by atoms with Crippen molar-refractivity contribution in [3.05, 3.63) is 71.9 Å². The third kappa shape index (κ3) is 3.69. The van der Waals surface area contributed by atoms with Crippen LogP contribution in [0.1, 0.15) is 17.5 Å². The lowest BCUT2D eigenvalue weighted by Gasteiger charge is -2.22. The fourth-order valence-electron chi connectivity index (χ4n) is 3.24. The maximum absolute atomic E-state index is 12.9. The zero-order valence-corrected chi connectivity index (χ0v) is 14.7. The number of hydrogen-bond donors (Lipinski definition) is 2. The first-order valence-electron chi connectivity index (χ1n) is 8.72. The van der Waals surface area contributed by atoms with Gasteiger partial charge in [0.25, 0.3) is 0 Å². The van der Waals surface area contributed by atoms with Crippen LogP contribution in [0.3, 0.4) is 0 Å². The standard InChI is InChI=1S/C21H16F3N3O/c22-21(23,24)15-4-6-17-14(7-9-26-19(17)11-15)10-20(28)27-16-5-3-13-2-1-8-25-18(13)12-16/h1-6,8,10-12,26H,7,9H2,(H,27,28)/b14-10+. The quantitative estimate of drug-likeness (QED) is 0.606. The van der Waals surface area contributed by atoms with Crippen molar-refractivity contribution in [1.82, 2.24) is 4.98 Å². The molecule has 7 heteroatoms. The van der Waals surface area contributed by atoms with E-state index in [9.17, 15) is 18.0 Å². The summed E-state index contributed by atoms with van der Waals surface area (Å²) in [6.07, 6.45) is -0.739. The molecule has 0 spiro atoms. The summed E-state index contributed by atoms with van der Waals surface area (Å²) in [6, 6.07) is 12.7. The minimum atomic E-state index is -4.40. The van der Waals surface area contributed by atoms with Gasteiger partial charge in [-0.3, -0.25) is 9.78 Å². The molecular formula is C21H16F3N3O. The van der Waals surface area contributed by atoms with Crippen LogP contribution in [-0.2, 0) is 11.0 Å². The Morgan fingerprint density at radius 3 is 2.82 bits per heavy atom. The Labute approximate surface area is 159 Å². The number of carbonyl (C=O) groups excluding carboxylic acids is 1. The van der Waals surface area contributed by atoms with Crippen LogP contribution in [0.2, 0.25) is 0 Å². The van der Waals surface area contributed by atoms with Gasteiger partial charge in [0.15, 0.2) is 0 Å². The number of nitrogens with zero attached hydrogens (tertiary/aromatic N) is 1. The maximum Gasteiger partial charge on any atom is 0.416 e. The summed E-state index contributed by atoms with van der Waals surface area (Å²) in [6.45, 7) is 0.466. The summed E-state index contributed by atoms with van der Waals surface area (Å²) in [7, 11) is 0. The normalized spacial score (nSPS) is 15.2. The van der Waals surface area contributed by atoms with Gasteiger partial charge in [0.05, 0.1) is 11.1 Å². The smallest absolute Gasteiger partial charge is 0.384 e. The lowest BCUT2D eigenvalue weighted by atomic mass is 9.95. The molecule has 1 aliphatic heterocycles. The molecule has 142 valence electrons. The van der Waals surface area contributed by atoms with Gasteiger partial charge in [0.1, 0.15) is 0 Å². The average molecular weight is 383 g/mol. The largest absolute Gasteiger partial charge is 0.416 e. The van der Waals surface area contributed by atoms with E-state index in [0.717, 1.165) is 23.0 Å². The molecule has 0 unspecified atom stereocenters. The van der Waals surface area contributed by atoms with E-state index in [1.54, 1.807) is 18.3 Å². The lowest BCUT2D eigenvalue weighted by Crippen LogP contribution is -2.15. The fourth-order valence-corrected chi connectivity index (χ4v) is 3.24. The van der Waals surface area contributed by atoms with Crippen molar-refractivity contribution in [3.63, 3.8) is 0 Å². The first-order chi connectivity index (χ1) is 13.4. The molecule has 2 N–H and O–H groups in total. The van der Waals surface area contributed by atoms with Crippen LogP contribution >= 0.6 is 0 Å². The van der Waals surface area contributed by atoms with Crippen LogP contribution in [-0.4, -0.2) is 17.4 Å². The topological polar surface area (TPSA) is 54.0 Å². The number of alkyl halides is 3. The van der Waals surface area contributed by atoms with Crippen LogP contribution in [0.15, 0.2) is 60.8 Å². The Kier molecular flexibility index (Phi) is 4.50. The van der Waals surface area contributed by atoms with Crippen molar-refractivity contribution in [2.45, 2.75) is 12.6 Å². The van der Waals surface area contributed by atoms with Crippen LogP contribution in [0, 0.1) is 0 Å². The van der Waals surface area contributed by atoms with Crippen molar-refractivity contribution < 1.29 is 18.0 Å². The van der Waals surface area contributed by atoms with Crippen LogP contribution in [0.25, 0.3) is 16.5 Å². The van der Waals surface area contributed by atoms with E-state index in [-0.39, 0.29) is 5.91 Å². The minimum absolute atomic E-state index is 0.335. The molecule has 28 heavy (non-hydrogen) atoms. The number of fused-ring (bicyclic) bond motifs is 2. The molecule has 1 aliphatic rings. The van der Waals surface area contributed by atoms with Gasteiger partial charge in [0, 0.05) is 41.1 Å². The van der Waals surface area contributed by atoms with Gasteiger partial charge in [-0.15, -0.1) is 0 Å². The van der Waals surface area contributed by atoms with Crippen LogP contribution < -0.4 is 10.6 Å². The number of hydrogen-bond acceptors (Lipinski definition) is 3. The molecule has 0 saturated carbocycles. The monoisotopic (exact) mass is 383 g/mol. The maximum atomic E-state index is 12.9. The minimum Gasteiger partial charge on any atom is -0.384 e. The highest BCUT2D eigenvalue weighted by molar-refractivity contribution is 6.05. The Morgan fingerprint density at radius 2 is 2.00 bits per heavy atom. The zero-order valence-electron chi connectivity index (χ0n) is 14.7. The van der Waals surface area contributed by atoms with Crippen molar-refractivity contribution in [1.29, 1.82) is 0 Å².